The third-order valence-corrected chi connectivity index (χ3v) is 13.4. The van der Waals surface area contributed by atoms with Crippen molar-refractivity contribution in [2.45, 2.75) is 0 Å². The van der Waals surface area contributed by atoms with Crippen LogP contribution in [0.25, 0.3) is 126 Å². The first-order valence-corrected chi connectivity index (χ1v) is 21.9. The molecule has 6 heteroatoms. The van der Waals surface area contributed by atoms with Crippen LogP contribution in [0.5, 0.6) is 0 Å². The van der Waals surface area contributed by atoms with Crippen molar-refractivity contribution in [1.82, 2.24) is 19.5 Å². The summed E-state index contributed by atoms with van der Waals surface area (Å²) < 4.78 is 11.7. The molecule has 0 spiro atoms. The van der Waals surface area contributed by atoms with Crippen molar-refractivity contribution in [2.24, 2.45) is 0 Å². The zero-order valence-electron chi connectivity index (χ0n) is 33.7. The molecule has 13 aromatic rings. The molecule has 4 heterocycles. The van der Waals surface area contributed by atoms with Crippen molar-refractivity contribution in [3.63, 3.8) is 0 Å². The quantitative estimate of drug-likeness (QED) is 0.168. The average molecular weight is 823 g/mol. The monoisotopic (exact) mass is 822 g/mol. The van der Waals surface area contributed by atoms with Gasteiger partial charge < -0.3 is 8.98 Å². The van der Waals surface area contributed by atoms with E-state index in [2.05, 4.69) is 205 Å². The van der Waals surface area contributed by atoms with Crippen LogP contribution in [0.1, 0.15) is 0 Å². The van der Waals surface area contributed by atoms with E-state index in [9.17, 15) is 0 Å². The Labute approximate surface area is 365 Å². The third kappa shape index (κ3) is 5.80. The molecule has 9 aromatic carbocycles. The molecule has 0 saturated heterocycles. The highest BCUT2D eigenvalue weighted by atomic mass is 32.1. The van der Waals surface area contributed by atoms with Crippen molar-refractivity contribution in [2.75, 3.05) is 0 Å². The summed E-state index contributed by atoms with van der Waals surface area (Å²) in [7, 11) is 0. The van der Waals surface area contributed by atoms with Crippen molar-refractivity contribution >= 4 is 75.3 Å². The van der Waals surface area contributed by atoms with E-state index < -0.39 is 0 Å². The molecule has 0 saturated carbocycles. The van der Waals surface area contributed by atoms with Crippen LogP contribution in [0.2, 0.25) is 0 Å². The van der Waals surface area contributed by atoms with Crippen molar-refractivity contribution in [3.05, 3.63) is 206 Å². The summed E-state index contributed by atoms with van der Waals surface area (Å²) in [5, 5.41) is 6.93. The van der Waals surface area contributed by atoms with E-state index in [-0.39, 0.29) is 0 Å². The fourth-order valence-corrected chi connectivity index (χ4v) is 10.4. The molecular weight excluding hydrogens is 789 g/mol. The van der Waals surface area contributed by atoms with Gasteiger partial charge in [0.1, 0.15) is 5.58 Å². The second kappa shape index (κ2) is 14.2. The zero-order chi connectivity index (χ0) is 41.4. The molecule has 0 radical (unpaired) electrons. The van der Waals surface area contributed by atoms with Gasteiger partial charge in [-0.25, -0.2) is 15.0 Å². The highest BCUT2D eigenvalue weighted by molar-refractivity contribution is 7.26. The van der Waals surface area contributed by atoms with Crippen LogP contribution in [0.4, 0.5) is 0 Å². The van der Waals surface area contributed by atoms with E-state index in [1.54, 1.807) is 0 Å². The minimum Gasteiger partial charge on any atom is -0.454 e. The van der Waals surface area contributed by atoms with Gasteiger partial charge >= 0.3 is 0 Å². The summed E-state index contributed by atoms with van der Waals surface area (Å²) in [6.45, 7) is 0. The molecular formula is C57H34N4OS. The summed E-state index contributed by atoms with van der Waals surface area (Å²) in [5.41, 5.74) is 12.2. The molecule has 0 N–H and O–H groups in total. The predicted molar refractivity (Wildman–Crippen MR) is 262 cm³/mol. The second-order valence-corrected chi connectivity index (χ2v) is 17.0. The summed E-state index contributed by atoms with van der Waals surface area (Å²) in [6, 6.07) is 72.6. The van der Waals surface area contributed by atoms with Crippen LogP contribution in [0.15, 0.2) is 211 Å². The fraction of sp³-hybridized carbons (Fsp3) is 0. The van der Waals surface area contributed by atoms with Gasteiger partial charge in [-0.3, -0.25) is 0 Å². The fourth-order valence-electron chi connectivity index (χ4n) is 9.34. The van der Waals surface area contributed by atoms with Crippen LogP contribution < -0.4 is 0 Å². The van der Waals surface area contributed by atoms with Crippen LogP contribution in [-0.2, 0) is 0 Å². The van der Waals surface area contributed by atoms with Gasteiger partial charge in [0.2, 0.25) is 0 Å². The molecule has 294 valence electrons. The van der Waals surface area contributed by atoms with Gasteiger partial charge in [-0.05, 0) is 82.9 Å². The number of hydrogen-bond donors (Lipinski definition) is 0. The molecule has 5 nitrogen and oxygen atoms in total. The van der Waals surface area contributed by atoms with Gasteiger partial charge in [0.05, 0.1) is 16.7 Å². The maximum atomic E-state index is 6.90. The molecule has 0 atom stereocenters. The number of hydrogen-bond acceptors (Lipinski definition) is 5. The lowest BCUT2D eigenvalue weighted by atomic mass is 9.99. The maximum absolute atomic E-state index is 6.90. The predicted octanol–water partition coefficient (Wildman–Crippen LogP) is 15.6. The molecule has 0 bridgehead atoms. The molecule has 0 amide bonds. The Morgan fingerprint density at radius 3 is 1.68 bits per heavy atom. The number of para-hydroxylation sites is 3. The largest absolute Gasteiger partial charge is 0.454 e. The SMILES string of the molecule is c1ccc(-c2cccc(-c3nc(-c4ccc5c(c4)oc4c(-n6c7ccccc7c7ccccc76)cccc45)nc(-c4ccc5sc6cccc(-c7ccccc7)c6c5c4)n3)c2)cc1. The van der Waals surface area contributed by atoms with E-state index in [0.717, 1.165) is 66.5 Å². The van der Waals surface area contributed by atoms with Gasteiger partial charge in [-0.15, -0.1) is 11.3 Å². The highest BCUT2D eigenvalue weighted by Crippen LogP contribution is 2.43. The normalized spacial score (nSPS) is 11.8. The topological polar surface area (TPSA) is 56.7 Å². The smallest absolute Gasteiger partial charge is 0.164 e. The van der Waals surface area contributed by atoms with Crippen LogP contribution in [0, 0.1) is 0 Å². The van der Waals surface area contributed by atoms with E-state index in [1.807, 2.05) is 17.4 Å². The highest BCUT2D eigenvalue weighted by Gasteiger charge is 2.20. The first-order chi connectivity index (χ1) is 31.2. The Morgan fingerprint density at radius 1 is 0.365 bits per heavy atom. The zero-order valence-corrected chi connectivity index (χ0v) is 34.6. The molecule has 13 rings (SSSR count). The summed E-state index contributed by atoms with van der Waals surface area (Å²) in [4.78, 5) is 15.7. The van der Waals surface area contributed by atoms with E-state index in [0.29, 0.717) is 17.5 Å². The lowest BCUT2D eigenvalue weighted by molar-refractivity contribution is 0.666. The van der Waals surface area contributed by atoms with Crippen LogP contribution >= 0.6 is 11.3 Å². The number of benzene rings is 9. The minimum absolute atomic E-state index is 0.574. The van der Waals surface area contributed by atoms with Gasteiger partial charge in [-0.2, -0.15) is 0 Å². The number of nitrogens with zero attached hydrogens (tertiary/aromatic N) is 4. The van der Waals surface area contributed by atoms with Crippen LogP contribution in [0.3, 0.4) is 0 Å². The molecule has 0 aliphatic heterocycles. The molecule has 0 aliphatic carbocycles. The number of furan rings is 1. The Morgan fingerprint density at radius 2 is 0.937 bits per heavy atom. The van der Waals surface area contributed by atoms with Gasteiger partial charge in [0.25, 0.3) is 0 Å². The summed E-state index contributed by atoms with van der Waals surface area (Å²) in [5.74, 6) is 1.79. The number of thiophene rings is 1. The van der Waals surface area contributed by atoms with Crippen molar-refractivity contribution in [1.29, 1.82) is 0 Å². The number of fused-ring (bicyclic) bond motifs is 9. The lowest BCUT2D eigenvalue weighted by Gasteiger charge is -2.10. The van der Waals surface area contributed by atoms with Gasteiger partial charge in [0, 0.05) is 58.4 Å². The first kappa shape index (κ1) is 35.6. The molecule has 4 aromatic heterocycles. The Kier molecular flexibility index (Phi) is 8.01. The standard InChI is InChI=1S/C57H34N4OS/c1-3-14-35(15-4-1)37-18-11-19-38(32-37)55-58-56(39-29-31-51-46(33-39)53-41(22-13-27-52(53)63-51)36-16-5-2-6-17-36)60-57(59-55)40-28-30-44-45-23-12-26-49(54(45)62-50(44)34-40)61-47-24-9-7-20-42(47)43-21-8-10-25-48(43)61/h1-34H. The van der Waals surface area contributed by atoms with Crippen molar-refractivity contribution < 1.29 is 4.42 Å². The van der Waals surface area contributed by atoms with Crippen molar-refractivity contribution in [3.8, 4) is 62.1 Å². The van der Waals surface area contributed by atoms with Crippen LogP contribution in [-0.4, -0.2) is 19.5 Å². The third-order valence-electron chi connectivity index (χ3n) is 12.3. The Bertz CT molecular complexity index is 3870. The maximum Gasteiger partial charge on any atom is 0.164 e. The van der Waals surface area contributed by atoms with E-state index >= 15 is 0 Å². The number of aromatic nitrogens is 4. The molecule has 0 unspecified atom stereocenters. The summed E-state index contributed by atoms with van der Waals surface area (Å²) in [6.07, 6.45) is 0. The molecule has 0 aliphatic rings. The summed E-state index contributed by atoms with van der Waals surface area (Å²) >= 11 is 1.81. The Hall–Kier alpha value is -8.19. The number of rotatable bonds is 6. The molecule has 63 heavy (non-hydrogen) atoms. The van der Waals surface area contributed by atoms with Gasteiger partial charge in [0.15, 0.2) is 23.1 Å². The Balaban J connectivity index is 0.998. The lowest BCUT2D eigenvalue weighted by Crippen LogP contribution is -2.00. The minimum atomic E-state index is 0.574. The van der Waals surface area contributed by atoms with E-state index in [1.165, 1.54) is 42.1 Å². The average Bonchev–Trinajstić information content (AvgIpc) is 4.04. The second-order valence-electron chi connectivity index (χ2n) is 15.9. The van der Waals surface area contributed by atoms with E-state index in [4.69, 9.17) is 19.4 Å². The van der Waals surface area contributed by atoms with Gasteiger partial charge in [-0.1, -0.05) is 146 Å². The molecule has 0 fully saturated rings. The first-order valence-electron chi connectivity index (χ1n) is 21.1.